The van der Waals surface area contributed by atoms with Crippen LogP contribution in [0.5, 0.6) is 11.8 Å². The first kappa shape index (κ1) is 17.1. The van der Waals surface area contributed by atoms with E-state index < -0.39 is 0 Å². The maximum Gasteiger partial charge on any atom is 0.326 e. The van der Waals surface area contributed by atoms with Crippen molar-refractivity contribution in [3.63, 3.8) is 0 Å². The van der Waals surface area contributed by atoms with E-state index in [2.05, 4.69) is 15.0 Å². The molecule has 0 unspecified atom stereocenters. The fourth-order valence-corrected chi connectivity index (χ4v) is 2.71. The number of pyridine rings is 1. The summed E-state index contributed by atoms with van der Waals surface area (Å²) in [7, 11) is 1.68. The van der Waals surface area contributed by atoms with E-state index in [1.807, 2.05) is 32.0 Å². The van der Waals surface area contributed by atoms with Gasteiger partial charge in [-0.15, -0.1) is 0 Å². The monoisotopic (exact) mass is 356 g/mol. The predicted octanol–water partition coefficient (Wildman–Crippen LogP) is 3.61. The molecule has 0 saturated carbocycles. The van der Waals surface area contributed by atoms with Gasteiger partial charge in [-0.05, 0) is 49.6 Å². The highest BCUT2D eigenvalue weighted by atomic mass is 35.5. The van der Waals surface area contributed by atoms with Gasteiger partial charge in [0.25, 0.3) is 5.56 Å². The number of aryl methyl sites for hydroxylation is 4. The van der Waals surface area contributed by atoms with E-state index in [-0.39, 0.29) is 16.9 Å². The van der Waals surface area contributed by atoms with E-state index in [9.17, 15) is 4.79 Å². The van der Waals surface area contributed by atoms with E-state index in [0.717, 1.165) is 11.1 Å². The van der Waals surface area contributed by atoms with Crippen molar-refractivity contribution >= 4 is 11.6 Å². The number of benzene rings is 1. The molecule has 0 aliphatic carbocycles. The molecule has 0 fully saturated rings. The Labute approximate surface area is 150 Å². The first-order chi connectivity index (χ1) is 11.8. The molecule has 7 heteroatoms. The molecule has 2 aromatic heterocycles. The summed E-state index contributed by atoms with van der Waals surface area (Å²) in [6.07, 6.45) is 1.66. The second-order valence-corrected chi connectivity index (χ2v) is 6.20. The molecule has 128 valence electrons. The Bertz CT molecular complexity index is 968. The number of nitrogens with zero attached hydrogens (tertiary/aromatic N) is 4. The molecule has 0 radical (unpaired) electrons. The fourth-order valence-electron chi connectivity index (χ4n) is 2.56. The summed E-state index contributed by atoms with van der Waals surface area (Å²) >= 11 is 6.05. The number of aromatic nitrogens is 4. The maximum atomic E-state index is 11.9. The summed E-state index contributed by atoms with van der Waals surface area (Å²) < 4.78 is 7.33. The third kappa shape index (κ3) is 3.53. The average molecular weight is 357 g/mol. The van der Waals surface area contributed by atoms with Crippen molar-refractivity contribution in [3.05, 3.63) is 62.8 Å². The third-order valence-corrected chi connectivity index (χ3v) is 3.98. The van der Waals surface area contributed by atoms with Crippen LogP contribution >= 0.6 is 11.6 Å². The van der Waals surface area contributed by atoms with E-state index >= 15 is 0 Å². The normalized spacial score (nSPS) is 10.8. The standard InChI is InChI=1S/C18H17ClN4O2/c1-10-6-5-7-11(2)14(10)25-18-21-15(20-17(19)22-18)13-8-12(3)16(24)23(4)9-13/h5-9H,1-4H3. The first-order valence-electron chi connectivity index (χ1n) is 7.68. The largest absolute Gasteiger partial charge is 0.424 e. The van der Waals surface area contributed by atoms with Gasteiger partial charge in [0.05, 0.1) is 0 Å². The van der Waals surface area contributed by atoms with Crippen LogP contribution in [0.15, 0.2) is 35.3 Å². The Hall–Kier alpha value is -2.73. The molecular weight excluding hydrogens is 340 g/mol. The van der Waals surface area contributed by atoms with Gasteiger partial charge in [0, 0.05) is 24.4 Å². The molecule has 0 N–H and O–H groups in total. The minimum atomic E-state index is -0.0732. The zero-order chi connectivity index (χ0) is 18.1. The lowest BCUT2D eigenvalue weighted by Crippen LogP contribution is -2.18. The summed E-state index contributed by atoms with van der Waals surface area (Å²) in [6.45, 7) is 5.63. The van der Waals surface area contributed by atoms with E-state index in [0.29, 0.717) is 22.7 Å². The molecule has 1 aromatic carbocycles. The lowest BCUT2D eigenvalue weighted by molar-refractivity contribution is 0.434. The highest BCUT2D eigenvalue weighted by Gasteiger charge is 2.13. The van der Waals surface area contributed by atoms with Gasteiger partial charge in [-0.25, -0.2) is 0 Å². The minimum Gasteiger partial charge on any atom is -0.424 e. The number of ether oxygens (including phenoxy) is 1. The molecule has 0 bridgehead atoms. The van der Waals surface area contributed by atoms with Crippen molar-refractivity contribution in [2.24, 2.45) is 7.05 Å². The molecule has 0 aliphatic heterocycles. The Morgan fingerprint density at radius 1 is 1.04 bits per heavy atom. The smallest absolute Gasteiger partial charge is 0.326 e. The zero-order valence-electron chi connectivity index (χ0n) is 14.4. The number of halogens is 1. The van der Waals surface area contributed by atoms with Gasteiger partial charge in [0.1, 0.15) is 5.75 Å². The van der Waals surface area contributed by atoms with Crippen LogP contribution in [-0.2, 0) is 7.05 Å². The predicted molar refractivity (Wildman–Crippen MR) is 96.2 cm³/mol. The van der Waals surface area contributed by atoms with Crippen molar-refractivity contribution in [3.8, 4) is 23.1 Å². The van der Waals surface area contributed by atoms with Crippen molar-refractivity contribution in [1.82, 2.24) is 19.5 Å². The van der Waals surface area contributed by atoms with Gasteiger partial charge < -0.3 is 9.30 Å². The summed E-state index contributed by atoms with van der Waals surface area (Å²) in [5.74, 6) is 1.03. The molecule has 3 aromatic rings. The summed E-state index contributed by atoms with van der Waals surface area (Å²) in [5, 5.41) is 0.0257. The highest BCUT2D eigenvalue weighted by Crippen LogP contribution is 2.28. The Morgan fingerprint density at radius 2 is 1.72 bits per heavy atom. The molecule has 0 amide bonds. The second-order valence-electron chi connectivity index (χ2n) is 5.86. The first-order valence-corrected chi connectivity index (χ1v) is 8.06. The highest BCUT2D eigenvalue weighted by molar-refractivity contribution is 6.28. The van der Waals surface area contributed by atoms with Gasteiger partial charge in [-0.1, -0.05) is 18.2 Å². The number of hydrogen-bond donors (Lipinski definition) is 0. The molecule has 25 heavy (non-hydrogen) atoms. The molecule has 0 aliphatic rings. The maximum absolute atomic E-state index is 11.9. The van der Waals surface area contributed by atoms with Crippen LogP contribution in [0.1, 0.15) is 16.7 Å². The van der Waals surface area contributed by atoms with Crippen molar-refractivity contribution in [2.45, 2.75) is 20.8 Å². The second kappa shape index (κ2) is 6.64. The zero-order valence-corrected chi connectivity index (χ0v) is 15.1. The number of rotatable bonds is 3. The van der Waals surface area contributed by atoms with Gasteiger partial charge in [-0.2, -0.15) is 15.0 Å². The summed E-state index contributed by atoms with van der Waals surface area (Å²) in [5.41, 5.74) is 3.12. The lowest BCUT2D eigenvalue weighted by Gasteiger charge is -2.11. The van der Waals surface area contributed by atoms with Crippen molar-refractivity contribution in [1.29, 1.82) is 0 Å². The Kier molecular flexibility index (Phi) is 4.55. The van der Waals surface area contributed by atoms with Crippen LogP contribution in [0.2, 0.25) is 5.28 Å². The van der Waals surface area contributed by atoms with Crippen LogP contribution in [0, 0.1) is 20.8 Å². The van der Waals surface area contributed by atoms with E-state index in [1.165, 1.54) is 4.57 Å². The molecule has 0 spiro atoms. The van der Waals surface area contributed by atoms with E-state index in [4.69, 9.17) is 16.3 Å². The molecule has 3 rings (SSSR count). The number of para-hydroxylation sites is 1. The molecule has 2 heterocycles. The van der Waals surface area contributed by atoms with Gasteiger partial charge in [0.15, 0.2) is 5.82 Å². The van der Waals surface area contributed by atoms with E-state index in [1.54, 1.807) is 26.2 Å². The quantitative estimate of drug-likeness (QED) is 0.717. The van der Waals surface area contributed by atoms with Crippen molar-refractivity contribution in [2.75, 3.05) is 0 Å². The molecule has 0 saturated heterocycles. The lowest BCUT2D eigenvalue weighted by atomic mass is 10.1. The third-order valence-electron chi connectivity index (χ3n) is 3.81. The fraction of sp³-hybridized carbons (Fsp3) is 0.222. The van der Waals surface area contributed by atoms with Gasteiger partial charge in [0.2, 0.25) is 5.28 Å². The van der Waals surface area contributed by atoms with Crippen LogP contribution < -0.4 is 10.3 Å². The Balaban J connectivity index is 2.06. The number of hydrogen-bond acceptors (Lipinski definition) is 5. The van der Waals surface area contributed by atoms with Crippen molar-refractivity contribution < 1.29 is 4.74 Å². The van der Waals surface area contributed by atoms with Crippen LogP contribution in [0.25, 0.3) is 11.4 Å². The average Bonchev–Trinajstić information content (AvgIpc) is 2.55. The Morgan fingerprint density at radius 3 is 2.36 bits per heavy atom. The van der Waals surface area contributed by atoms with Crippen LogP contribution in [-0.4, -0.2) is 19.5 Å². The summed E-state index contributed by atoms with van der Waals surface area (Å²) in [4.78, 5) is 24.4. The van der Waals surface area contributed by atoms with Crippen LogP contribution in [0.4, 0.5) is 0 Å². The molecular formula is C18H17ClN4O2. The molecule has 0 atom stereocenters. The molecule has 6 nitrogen and oxygen atoms in total. The van der Waals surface area contributed by atoms with Crippen LogP contribution in [0.3, 0.4) is 0 Å². The summed E-state index contributed by atoms with van der Waals surface area (Å²) in [6, 6.07) is 7.68. The minimum absolute atomic E-state index is 0.0257. The topological polar surface area (TPSA) is 69.9 Å². The SMILES string of the molecule is Cc1cccc(C)c1Oc1nc(Cl)nc(-c2cc(C)c(=O)n(C)c2)n1. The van der Waals surface area contributed by atoms with Gasteiger partial charge >= 0.3 is 6.01 Å². The van der Waals surface area contributed by atoms with Gasteiger partial charge in [-0.3, -0.25) is 4.79 Å².